The molecule has 57 heavy (non-hydrogen) atoms. The molecule has 0 radical (unpaired) electrons. The Hall–Kier alpha value is -5.48. The molecule has 1 aliphatic rings. The first-order valence-electron chi connectivity index (χ1n) is 20.7. The largest absolute Gasteiger partial charge is 0.504 e. The van der Waals surface area contributed by atoms with Gasteiger partial charge in [0.05, 0.1) is 0 Å². The topological polar surface area (TPSA) is 24.3 Å². The number of quaternary nitrogens is 1. The van der Waals surface area contributed by atoms with Crippen molar-refractivity contribution in [3.8, 4) is 5.82 Å². The maximum absolute atomic E-state index is 8.47. The zero-order valence-electron chi connectivity index (χ0n) is 36.1. The second-order valence-electron chi connectivity index (χ2n) is 16.7. The normalized spacial score (nSPS) is 14.2. The van der Waals surface area contributed by atoms with E-state index in [4.69, 9.17) is 9.10 Å². The third kappa shape index (κ3) is 6.48. The molecule has 8 aromatic rings. The standard InChI is InChI=1S/C51H47N5.Pt/c1-50(2,3)36-25-28-46-48(31-36)54(35-53(46)7)38-17-16-22-41(33-38)56(39-18-10-8-11-19-39,40-20-12-9-13-21-40)42-26-27-44-43-23-14-15-24-45(43)55(47(44)34-42)49-32-37(29-30-52-49)51(4,5)6;/h8-32,35H,1-7H3;/q-2;/i7D3;. The monoisotopic (exact) mass is 927 g/mol. The molecule has 5 nitrogen and oxygen atoms in total. The van der Waals surface area contributed by atoms with Crippen LogP contribution in [0.25, 0.3) is 27.6 Å². The third-order valence-electron chi connectivity index (χ3n) is 11.0. The molecule has 0 fully saturated rings. The molecule has 0 bridgehead atoms. The van der Waals surface area contributed by atoms with Gasteiger partial charge in [-0.05, 0) is 64.7 Å². The van der Waals surface area contributed by atoms with E-state index in [9.17, 15) is 0 Å². The van der Waals surface area contributed by atoms with Crippen LogP contribution in [0.2, 0.25) is 0 Å². The van der Waals surface area contributed by atoms with Crippen LogP contribution in [0.3, 0.4) is 0 Å². The van der Waals surface area contributed by atoms with Crippen LogP contribution in [-0.2, 0) is 31.9 Å². The fourth-order valence-corrected chi connectivity index (χ4v) is 8.06. The fraction of sp³-hybridized carbons (Fsp3) is 0.176. The number of hydrogen-bond acceptors (Lipinski definition) is 3. The molecule has 0 spiro atoms. The van der Waals surface area contributed by atoms with Gasteiger partial charge in [-0.2, -0.15) is 18.8 Å². The van der Waals surface area contributed by atoms with E-state index < -0.39 is 6.98 Å². The molecule has 0 N–H and O–H groups in total. The molecule has 0 aliphatic carbocycles. The number of para-hydroxylation sites is 3. The summed E-state index contributed by atoms with van der Waals surface area (Å²) in [5.74, 6) is 0.833. The number of fused-ring (bicyclic) bond motifs is 4. The molecule has 0 unspecified atom stereocenters. The van der Waals surface area contributed by atoms with E-state index in [0.29, 0.717) is 11.4 Å². The number of rotatable bonds is 6. The molecule has 6 heteroatoms. The Bertz CT molecular complexity index is 2800. The Morgan fingerprint density at radius 3 is 1.95 bits per heavy atom. The minimum Gasteiger partial charge on any atom is -0.504 e. The summed E-state index contributed by atoms with van der Waals surface area (Å²) in [6.07, 6.45) is 1.90. The Kier molecular flexibility index (Phi) is 8.82. The van der Waals surface area contributed by atoms with Crippen molar-refractivity contribution in [3.05, 3.63) is 182 Å². The summed E-state index contributed by atoms with van der Waals surface area (Å²) >= 11 is 0. The summed E-state index contributed by atoms with van der Waals surface area (Å²) in [5, 5.41) is 2.20. The molecule has 3 heterocycles. The van der Waals surface area contributed by atoms with Gasteiger partial charge in [0.15, 0.2) is 0 Å². The van der Waals surface area contributed by atoms with Crippen LogP contribution >= 0.6 is 0 Å². The average Bonchev–Trinajstić information content (AvgIpc) is 3.78. The molecule has 6 aromatic carbocycles. The minimum atomic E-state index is -2.39. The first kappa shape index (κ1) is 34.7. The molecular weight excluding hydrogens is 878 g/mol. The van der Waals surface area contributed by atoms with Crippen molar-refractivity contribution in [2.75, 3.05) is 16.8 Å². The Labute approximate surface area is 355 Å². The Morgan fingerprint density at radius 2 is 1.26 bits per heavy atom. The summed E-state index contributed by atoms with van der Waals surface area (Å²) in [7, 11) is 0. The smallest absolute Gasteiger partial charge is 0.144 e. The summed E-state index contributed by atoms with van der Waals surface area (Å²) in [6.45, 7) is 12.5. The molecule has 2 aromatic heterocycles. The third-order valence-corrected chi connectivity index (χ3v) is 11.0. The fourth-order valence-electron chi connectivity index (χ4n) is 8.06. The van der Waals surface area contributed by atoms with Crippen molar-refractivity contribution >= 4 is 61.6 Å². The SMILES string of the molecule is [2H]C([2H])([2H])N1[CH-]N(c2[c-]c([N+](c3[c-]c4c(cc3)c3ccccc3n4-c3cc(C(C)(C)C)ccn3)(c3ccccc3)c3ccccc3)ccc2)c2cc(C(C)(C)C)ccc21.[Pt]. The van der Waals surface area contributed by atoms with Crippen molar-refractivity contribution in [2.24, 2.45) is 0 Å². The van der Waals surface area contributed by atoms with Crippen molar-refractivity contribution in [2.45, 2.75) is 52.4 Å². The van der Waals surface area contributed by atoms with Gasteiger partial charge >= 0.3 is 0 Å². The minimum absolute atomic E-state index is 0. The van der Waals surface area contributed by atoms with Gasteiger partial charge in [-0.15, -0.1) is 23.6 Å². The van der Waals surface area contributed by atoms with Gasteiger partial charge < -0.3 is 14.4 Å². The van der Waals surface area contributed by atoms with Crippen LogP contribution in [-0.4, -0.2) is 16.5 Å². The van der Waals surface area contributed by atoms with Gasteiger partial charge in [0.25, 0.3) is 0 Å². The molecule has 1 aliphatic heterocycles. The first-order valence-corrected chi connectivity index (χ1v) is 19.2. The number of anilines is 3. The predicted octanol–water partition coefficient (Wildman–Crippen LogP) is 13.4. The summed E-state index contributed by atoms with van der Waals surface area (Å²) in [6, 6.07) is 58.2. The second-order valence-corrected chi connectivity index (χ2v) is 16.7. The van der Waals surface area contributed by atoms with Crippen LogP contribution in [0.1, 0.15) is 56.8 Å². The Morgan fingerprint density at radius 1 is 0.614 bits per heavy atom. The molecule has 0 saturated heterocycles. The molecule has 9 rings (SSSR count). The quantitative estimate of drug-likeness (QED) is 0.123. The molecule has 288 valence electrons. The zero-order valence-corrected chi connectivity index (χ0v) is 35.3. The van der Waals surface area contributed by atoms with Gasteiger partial charge in [-0.1, -0.05) is 126 Å². The van der Waals surface area contributed by atoms with Crippen LogP contribution in [0.15, 0.2) is 152 Å². The van der Waals surface area contributed by atoms with Crippen molar-refractivity contribution in [3.63, 3.8) is 0 Å². The van der Waals surface area contributed by atoms with E-state index in [1.54, 1.807) is 6.67 Å². The summed E-state index contributed by atoms with van der Waals surface area (Å²) in [5.41, 5.74) is 9.88. The van der Waals surface area contributed by atoms with E-state index in [2.05, 4.69) is 167 Å². The van der Waals surface area contributed by atoms with E-state index in [-0.39, 0.29) is 36.4 Å². The molecule has 0 saturated carbocycles. The van der Waals surface area contributed by atoms with Gasteiger partial charge in [0.2, 0.25) is 0 Å². The first-order chi connectivity index (χ1) is 28.2. The predicted molar refractivity (Wildman–Crippen MR) is 235 cm³/mol. The maximum atomic E-state index is 8.47. The van der Waals surface area contributed by atoms with Crippen molar-refractivity contribution in [1.29, 1.82) is 0 Å². The van der Waals surface area contributed by atoms with E-state index in [1.807, 2.05) is 47.5 Å². The van der Waals surface area contributed by atoms with Crippen molar-refractivity contribution in [1.82, 2.24) is 14.0 Å². The van der Waals surface area contributed by atoms with Crippen molar-refractivity contribution < 1.29 is 25.2 Å². The van der Waals surface area contributed by atoms with E-state index in [1.165, 1.54) is 10.5 Å². The van der Waals surface area contributed by atoms with Gasteiger partial charge in [-0.25, -0.2) is 9.47 Å². The molecule has 0 atom stereocenters. The Balaban J connectivity index is 0.00000499. The zero-order chi connectivity index (χ0) is 41.3. The van der Waals surface area contributed by atoms with Gasteiger partial charge in [0.1, 0.15) is 17.2 Å². The second kappa shape index (κ2) is 14.5. The summed E-state index contributed by atoms with van der Waals surface area (Å²) < 4.78 is 27.8. The number of aromatic nitrogens is 2. The van der Waals surface area contributed by atoms with Crippen LogP contribution in [0.5, 0.6) is 0 Å². The maximum Gasteiger partial charge on any atom is 0.144 e. The van der Waals surface area contributed by atoms with E-state index in [0.717, 1.165) is 61.6 Å². The number of pyridine rings is 1. The number of benzene rings is 6. The van der Waals surface area contributed by atoms with E-state index >= 15 is 0 Å². The summed E-state index contributed by atoms with van der Waals surface area (Å²) in [4.78, 5) is 8.31. The van der Waals surface area contributed by atoms with Crippen LogP contribution < -0.4 is 14.3 Å². The van der Waals surface area contributed by atoms with Gasteiger partial charge in [0, 0.05) is 83.9 Å². The molecular formula is C51H47N5Pt-2. The van der Waals surface area contributed by atoms with Crippen LogP contribution in [0.4, 0.5) is 39.8 Å². The van der Waals surface area contributed by atoms with Crippen LogP contribution in [0, 0.1) is 18.8 Å². The molecule has 0 amide bonds. The van der Waals surface area contributed by atoms with Gasteiger partial charge in [-0.3, -0.25) is 0 Å². The average molecular weight is 928 g/mol. The number of hydrogen-bond donors (Lipinski definition) is 0. The number of nitrogens with zero attached hydrogens (tertiary/aromatic N) is 5.